The van der Waals surface area contributed by atoms with E-state index < -0.39 is 0 Å². The summed E-state index contributed by atoms with van der Waals surface area (Å²) in [5.74, 6) is 1.88. The smallest absolute Gasteiger partial charge is 0.191 e. The van der Waals surface area contributed by atoms with E-state index in [4.69, 9.17) is 0 Å². The number of likely N-dealkylation sites (tertiary alicyclic amines) is 2. The zero-order chi connectivity index (χ0) is 17.9. The topological polar surface area (TPSA) is 42.9 Å². The standard InChI is InChI=1S/C20H41N5/c1-4-6-13-25-16-10-19(11-17-25)23-20(21-3)22-12-7-18-8-14-24(5-2)15-9-18/h18-19H,4-17H2,1-3H3,(H2,21,22,23). The molecule has 2 saturated heterocycles. The summed E-state index contributed by atoms with van der Waals surface area (Å²) in [6, 6.07) is 0.580. The average Bonchev–Trinajstić information content (AvgIpc) is 2.67. The minimum atomic E-state index is 0.580. The molecule has 0 radical (unpaired) electrons. The molecular weight excluding hydrogens is 310 g/mol. The number of guanidine groups is 1. The Kier molecular flexibility index (Phi) is 9.63. The van der Waals surface area contributed by atoms with Crippen LogP contribution in [0.3, 0.4) is 0 Å². The number of aliphatic imine (C=N–C) groups is 1. The van der Waals surface area contributed by atoms with Crippen LogP contribution in [0, 0.1) is 5.92 Å². The first-order valence-electron chi connectivity index (χ1n) is 10.7. The number of hydrogen-bond donors (Lipinski definition) is 2. The largest absolute Gasteiger partial charge is 0.356 e. The molecule has 2 aliphatic rings. The molecule has 0 aliphatic carbocycles. The third-order valence-electron chi connectivity index (χ3n) is 5.98. The molecule has 0 aromatic heterocycles. The van der Waals surface area contributed by atoms with Crippen molar-refractivity contribution in [3.05, 3.63) is 0 Å². The number of nitrogens with one attached hydrogen (secondary N) is 2. The summed E-state index contributed by atoms with van der Waals surface area (Å²) in [6.07, 6.45) is 9.09. The van der Waals surface area contributed by atoms with Crippen LogP contribution in [0.4, 0.5) is 0 Å². The average molecular weight is 352 g/mol. The molecule has 0 bridgehead atoms. The predicted octanol–water partition coefficient (Wildman–Crippen LogP) is 2.54. The van der Waals surface area contributed by atoms with Crippen LogP contribution in [-0.2, 0) is 0 Å². The lowest BCUT2D eigenvalue weighted by Crippen LogP contribution is -2.49. The van der Waals surface area contributed by atoms with Crippen LogP contribution < -0.4 is 10.6 Å². The third-order valence-corrected chi connectivity index (χ3v) is 5.98. The fourth-order valence-corrected chi connectivity index (χ4v) is 4.06. The van der Waals surface area contributed by atoms with Gasteiger partial charge in [-0.15, -0.1) is 0 Å². The molecule has 0 saturated carbocycles. The van der Waals surface area contributed by atoms with Crippen molar-refractivity contribution in [2.75, 3.05) is 52.9 Å². The van der Waals surface area contributed by atoms with E-state index in [0.717, 1.165) is 18.4 Å². The maximum Gasteiger partial charge on any atom is 0.191 e. The van der Waals surface area contributed by atoms with Gasteiger partial charge in [0.05, 0.1) is 0 Å². The Balaban J connectivity index is 1.58. The van der Waals surface area contributed by atoms with Gasteiger partial charge in [0, 0.05) is 32.7 Å². The lowest BCUT2D eigenvalue weighted by Gasteiger charge is -2.33. The highest BCUT2D eigenvalue weighted by Gasteiger charge is 2.20. The van der Waals surface area contributed by atoms with Gasteiger partial charge in [-0.25, -0.2) is 0 Å². The van der Waals surface area contributed by atoms with Crippen molar-refractivity contribution in [1.82, 2.24) is 20.4 Å². The third kappa shape index (κ3) is 7.53. The van der Waals surface area contributed by atoms with E-state index in [1.54, 1.807) is 0 Å². The van der Waals surface area contributed by atoms with E-state index in [1.807, 2.05) is 7.05 Å². The zero-order valence-electron chi connectivity index (χ0n) is 16.9. The highest BCUT2D eigenvalue weighted by Crippen LogP contribution is 2.19. The molecule has 2 heterocycles. The van der Waals surface area contributed by atoms with Crippen LogP contribution >= 0.6 is 0 Å². The number of rotatable bonds is 8. The van der Waals surface area contributed by atoms with Crippen molar-refractivity contribution < 1.29 is 0 Å². The van der Waals surface area contributed by atoms with Crippen molar-refractivity contribution in [1.29, 1.82) is 0 Å². The number of nitrogens with zero attached hydrogens (tertiary/aromatic N) is 3. The van der Waals surface area contributed by atoms with Gasteiger partial charge in [0.15, 0.2) is 5.96 Å². The fraction of sp³-hybridized carbons (Fsp3) is 0.950. The summed E-state index contributed by atoms with van der Waals surface area (Å²) in [5, 5.41) is 7.19. The Hall–Kier alpha value is -0.810. The first kappa shape index (κ1) is 20.5. The SMILES string of the molecule is CCCCN1CCC(NC(=NC)NCCC2CCN(CC)CC2)CC1. The summed E-state index contributed by atoms with van der Waals surface area (Å²) in [7, 11) is 1.89. The van der Waals surface area contributed by atoms with Crippen LogP contribution in [0.25, 0.3) is 0 Å². The summed E-state index contributed by atoms with van der Waals surface area (Å²) in [6.45, 7) is 13.1. The van der Waals surface area contributed by atoms with Crippen LogP contribution in [0.2, 0.25) is 0 Å². The van der Waals surface area contributed by atoms with E-state index in [1.165, 1.54) is 84.2 Å². The Bertz CT molecular complexity index is 368. The molecule has 2 fully saturated rings. The molecule has 5 nitrogen and oxygen atoms in total. The van der Waals surface area contributed by atoms with E-state index in [2.05, 4.69) is 39.3 Å². The highest BCUT2D eigenvalue weighted by atomic mass is 15.2. The van der Waals surface area contributed by atoms with E-state index in [0.29, 0.717) is 6.04 Å². The second-order valence-corrected chi connectivity index (χ2v) is 7.78. The van der Waals surface area contributed by atoms with Crippen LogP contribution in [-0.4, -0.2) is 74.7 Å². The summed E-state index contributed by atoms with van der Waals surface area (Å²) >= 11 is 0. The minimum Gasteiger partial charge on any atom is -0.356 e. The first-order chi connectivity index (χ1) is 12.2. The van der Waals surface area contributed by atoms with Gasteiger partial charge >= 0.3 is 0 Å². The zero-order valence-corrected chi connectivity index (χ0v) is 16.9. The van der Waals surface area contributed by atoms with Crippen molar-refractivity contribution in [2.24, 2.45) is 10.9 Å². The molecule has 25 heavy (non-hydrogen) atoms. The van der Waals surface area contributed by atoms with E-state index in [-0.39, 0.29) is 0 Å². The molecular formula is C20H41N5. The Morgan fingerprint density at radius 3 is 2.28 bits per heavy atom. The molecule has 0 amide bonds. The monoisotopic (exact) mass is 351 g/mol. The minimum absolute atomic E-state index is 0.580. The molecule has 0 unspecified atom stereocenters. The second-order valence-electron chi connectivity index (χ2n) is 7.78. The van der Waals surface area contributed by atoms with Gasteiger partial charge in [-0.3, -0.25) is 4.99 Å². The number of piperidine rings is 2. The number of hydrogen-bond acceptors (Lipinski definition) is 3. The number of unbranched alkanes of at least 4 members (excludes halogenated alkanes) is 1. The van der Waals surface area contributed by atoms with E-state index >= 15 is 0 Å². The highest BCUT2D eigenvalue weighted by molar-refractivity contribution is 5.79. The van der Waals surface area contributed by atoms with Crippen molar-refractivity contribution in [3.8, 4) is 0 Å². The normalized spacial score (nSPS) is 22.3. The molecule has 2 aliphatic heterocycles. The van der Waals surface area contributed by atoms with Crippen LogP contribution in [0.15, 0.2) is 4.99 Å². The van der Waals surface area contributed by atoms with Gasteiger partial charge in [0.1, 0.15) is 0 Å². The lowest BCUT2D eigenvalue weighted by atomic mass is 9.93. The Morgan fingerprint density at radius 1 is 1.00 bits per heavy atom. The molecule has 0 spiro atoms. The van der Waals surface area contributed by atoms with Gasteiger partial charge in [0.25, 0.3) is 0 Å². The van der Waals surface area contributed by atoms with E-state index in [9.17, 15) is 0 Å². The molecule has 0 atom stereocenters. The fourth-order valence-electron chi connectivity index (χ4n) is 4.06. The molecule has 2 rings (SSSR count). The van der Waals surface area contributed by atoms with Gasteiger partial charge in [0.2, 0.25) is 0 Å². The predicted molar refractivity (Wildman–Crippen MR) is 108 cm³/mol. The van der Waals surface area contributed by atoms with Crippen molar-refractivity contribution >= 4 is 5.96 Å². The molecule has 0 aromatic carbocycles. The van der Waals surface area contributed by atoms with Gasteiger partial charge in [-0.2, -0.15) is 0 Å². The second kappa shape index (κ2) is 11.7. The van der Waals surface area contributed by atoms with Gasteiger partial charge in [-0.1, -0.05) is 20.3 Å². The quantitative estimate of drug-likeness (QED) is 0.521. The molecule has 0 aromatic rings. The summed E-state index contributed by atoms with van der Waals surface area (Å²) < 4.78 is 0. The first-order valence-corrected chi connectivity index (χ1v) is 10.7. The molecule has 146 valence electrons. The van der Waals surface area contributed by atoms with Crippen molar-refractivity contribution in [2.45, 2.75) is 64.8 Å². The Labute approximate surface area is 155 Å². The lowest BCUT2D eigenvalue weighted by molar-refractivity contribution is 0.187. The van der Waals surface area contributed by atoms with Crippen LogP contribution in [0.1, 0.15) is 58.8 Å². The molecule has 2 N–H and O–H groups in total. The molecule has 5 heteroatoms. The van der Waals surface area contributed by atoms with Gasteiger partial charge in [-0.05, 0) is 70.6 Å². The Morgan fingerprint density at radius 2 is 1.68 bits per heavy atom. The van der Waals surface area contributed by atoms with Gasteiger partial charge < -0.3 is 20.4 Å². The maximum atomic E-state index is 4.43. The summed E-state index contributed by atoms with van der Waals surface area (Å²) in [5.41, 5.74) is 0. The summed E-state index contributed by atoms with van der Waals surface area (Å²) in [4.78, 5) is 9.61. The van der Waals surface area contributed by atoms with Crippen LogP contribution in [0.5, 0.6) is 0 Å². The van der Waals surface area contributed by atoms with Crippen molar-refractivity contribution in [3.63, 3.8) is 0 Å². The maximum absolute atomic E-state index is 4.43.